The number of aromatic nitrogens is 2. The summed E-state index contributed by atoms with van der Waals surface area (Å²) in [5.41, 5.74) is 2.14. The van der Waals surface area contributed by atoms with Crippen LogP contribution < -0.4 is 9.57 Å². The van der Waals surface area contributed by atoms with Crippen molar-refractivity contribution in [3.63, 3.8) is 0 Å². The molecule has 3 aromatic rings. The van der Waals surface area contributed by atoms with Gasteiger partial charge in [0.1, 0.15) is 11.5 Å². The molecular weight excluding hydrogens is 310 g/mol. The van der Waals surface area contributed by atoms with Crippen LogP contribution in [0.3, 0.4) is 0 Å². The first-order chi connectivity index (χ1) is 11.2. The van der Waals surface area contributed by atoms with Gasteiger partial charge in [0.25, 0.3) is 0 Å². The highest BCUT2D eigenvalue weighted by molar-refractivity contribution is 6.13. The topological polar surface area (TPSA) is 39.1 Å². The van der Waals surface area contributed by atoms with Crippen LogP contribution in [0.4, 0.5) is 0 Å². The molecule has 3 rings (SSSR count). The van der Waals surface area contributed by atoms with Crippen molar-refractivity contribution in [2.24, 2.45) is 5.92 Å². The molecule has 0 aliphatic carbocycles. The molecule has 0 amide bonds. The minimum absolute atomic E-state index is 0.548. The Balaban J connectivity index is 1.87. The molecule has 5 heteroatoms. The predicted molar refractivity (Wildman–Crippen MR) is 93.8 cm³/mol. The van der Waals surface area contributed by atoms with Crippen molar-refractivity contribution in [3.05, 3.63) is 54.2 Å². The molecule has 0 unspecified atom stereocenters. The zero-order chi connectivity index (χ0) is 16.2. The van der Waals surface area contributed by atoms with Crippen LogP contribution in [0.1, 0.15) is 19.4 Å². The van der Waals surface area contributed by atoms with Gasteiger partial charge in [-0.25, -0.2) is 4.84 Å². The van der Waals surface area contributed by atoms with Gasteiger partial charge in [0.2, 0.25) is 0 Å². The number of hydrogen-bond donors (Lipinski definition) is 1. The fraction of sp³-hybridized carbons (Fsp3) is 0.278. The van der Waals surface area contributed by atoms with Crippen LogP contribution in [-0.2, 0) is 13.1 Å². The van der Waals surface area contributed by atoms with Gasteiger partial charge in [0.05, 0.1) is 11.7 Å². The van der Waals surface area contributed by atoms with E-state index in [9.17, 15) is 0 Å². The first-order valence-corrected chi connectivity index (χ1v) is 8.10. The molecular formula is C18H20ClN3O. The molecule has 120 valence electrons. The monoisotopic (exact) mass is 329 g/mol. The normalized spacial score (nSPS) is 11.3. The van der Waals surface area contributed by atoms with Gasteiger partial charge in [-0.15, -0.1) is 0 Å². The molecule has 0 aliphatic heterocycles. The molecule has 4 nitrogen and oxygen atoms in total. The van der Waals surface area contributed by atoms with E-state index < -0.39 is 0 Å². The first kappa shape index (κ1) is 15.8. The fourth-order valence-corrected chi connectivity index (χ4v) is 2.71. The molecule has 0 saturated carbocycles. The molecule has 1 heterocycles. The highest BCUT2D eigenvalue weighted by atomic mass is 35.5. The van der Waals surface area contributed by atoms with E-state index in [-0.39, 0.29) is 0 Å². The van der Waals surface area contributed by atoms with E-state index in [0.717, 1.165) is 34.5 Å². The minimum Gasteiger partial charge on any atom is -0.457 e. The summed E-state index contributed by atoms with van der Waals surface area (Å²) in [4.78, 5) is 2.64. The molecule has 0 bridgehead atoms. The summed E-state index contributed by atoms with van der Waals surface area (Å²) < 4.78 is 8.06. The van der Waals surface area contributed by atoms with Gasteiger partial charge in [0, 0.05) is 24.0 Å². The third-order valence-corrected chi connectivity index (χ3v) is 3.74. The number of fused-ring (bicyclic) bond motifs is 1. The summed E-state index contributed by atoms with van der Waals surface area (Å²) in [5.74, 6) is 2.15. The third kappa shape index (κ3) is 3.66. The summed E-state index contributed by atoms with van der Waals surface area (Å²) in [6.07, 6.45) is 1.89. The van der Waals surface area contributed by atoms with Gasteiger partial charge in [-0.05, 0) is 42.0 Å². The second kappa shape index (κ2) is 7.02. The maximum atomic E-state index is 6.02. The number of hydrogen-bond acceptors (Lipinski definition) is 3. The number of nitrogens with zero attached hydrogens (tertiary/aromatic N) is 2. The van der Waals surface area contributed by atoms with E-state index >= 15 is 0 Å². The van der Waals surface area contributed by atoms with Crippen LogP contribution in [0, 0.1) is 5.92 Å². The SMILES string of the molecule is CC(C)Cn1ncc2cc(Oc3ccccc3CNCl)ccc21. The van der Waals surface area contributed by atoms with Crippen molar-refractivity contribution in [2.75, 3.05) is 0 Å². The second-order valence-corrected chi connectivity index (χ2v) is 6.23. The highest BCUT2D eigenvalue weighted by Crippen LogP contribution is 2.28. The largest absolute Gasteiger partial charge is 0.457 e. The predicted octanol–water partition coefficient (Wildman–Crippen LogP) is 4.73. The summed E-state index contributed by atoms with van der Waals surface area (Å²) in [7, 11) is 0. The Labute approximate surface area is 141 Å². The van der Waals surface area contributed by atoms with Crippen LogP contribution in [0.25, 0.3) is 10.9 Å². The van der Waals surface area contributed by atoms with Crippen molar-refractivity contribution in [1.29, 1.82) is 0 Å². The van der Waals surface area contributed by atoms with E-state index in [1.165, 1.54) is 0 Å². The summed E-state index contributed by atoms with van der Waals surface area (Å²) in [6.45, 7) is 5.83. The van der Waals surface area contributed by atoms with Crippen LogP contribution in [-0.4, -0.2) is 9.78 Å². The van der Waals surface area contributed by atoms with Crippen molar-refractivity contribution in [3.8, 4) is 11.5 Å². The lowest BCUT2D eigenvalue weighted by molar-refractivity contribution is 0.476. The van der Waals surface area contributed by atoms with Gasteiger partial charge < -0.3 is 4.74 Å². The van der Waals surface area contributed by atoms with E-state index in [4.69, 9.17) is 16.5 Å². The molecule has 1 N–H and O–H groups in total. The third-order valence-electron chi connectivity index (χ3n) is 3.61. The number of benzene rings is 2. The Kier molecular flexibility index (Phi) is 4.84. The van der Waals surface area contributed by atoms with Crippen LogP contribution in [0.2, 0.25) is 0 Å². The van der Waals surface area contributed by atoms with Crippen molar-refractivity contribution < 1.29 is 4.74 Å². The molecule has 0 spiro atoms. The Morgan fingerprint density at radius 1 is 1.22 bits per heavy atom. The fourth-order valence-electron chi connectivity index (χ4n) is 2.57. The van der Waals surface area contributed by atoms with Crippen LogP contribution >= 0.6 is 11.8 Å². The lowest BCUT2D eigenvalue weighted by atomic mass is 10.2. The van der Waals surface area contributed by atoms with Crippen molar-refractivity contribution >= 4 is 22.7 Å². The molecule has 0 aliphatic rings. The second-order valence-electron chi connectivity index (χ2n) is 5.96. The average Bonchev–Trinajstić information content (AvgIpc) is 2.91. The Hall–Kier alpha value is -2.04. The van der Waals surface area contributed by atoms with Gasteiger partial charge in [0.15, 0.2) is 0 Å². The van der Waals surface area contributed by atoms with Crippen molar-refractivity contribution in [1.82, 2.24) is 14.6 Å². The lowest BCUT2D eigenvalue weighted by Gasteiger charge is -2.11. The van der Waals surface area contributed by atoms with Gasteiger partial charge in [-0.2, -0.15) is 5.10 Å². The van der Waals surface area contributed by atoms with Gasteiger partial charge in [-0.1, -0.05) is 32.0 Å². The molecule has 0 radical (unpaired) electrons. The average molecular weight is 330 g/mol. The van der Waals surface area contributed by atoms with Crippen LogP contribution in [0.15, 0.2) is 48.7 Å². The van der Waals surface area contributed by atoms with Crippen LogP contribution in [0.5, 0.6) is 11.5 Å². The highest BCUT2D eigenvalue weighted by Gasteiger charge is 2.08. The zero-order valence-corrected chi connectivity index (χ0v) is 14.0. The number of halogens is 1. The summed E-state index contributed by atoms with van der Waals surface area (Å²) in [6, 6.07) is 13.9. The zero-order valence-electron chi connectivity index (χ0n) is 13.3. The molecule has 23 heavy (non-hydrogen) atoms. The number of nitrogens with one attached hydrogen (secondary N) is 1. The maximum absolute atomic E-state index is 6.02. The van der Waals surface area contributed by atoms with E-state index in [1.54, 1.807) is 0 Å². The Morgan fingerprint density at radius 3 is 2.83 bits per heavy atom. The number of rotatable bonds is 6. The first-order valence-electron chi connectivity index (χ1n) is 7.72. The Bertz CT molecular complexity index is 798. The molecule has 1 aromatic heterocycles. The Morgan fingerprint density at radius 2 is 2.04 bits per heavy atom. The molecule has 0 fully saturated rings. The van der Waals surface area contributed by atoms with Gasteiger partial charge in [-0.3, -0.25) is 4.68 Å². The lowest BCUT2D eigenvalue weighted by Crippen LogP contribution is -2.05. The number of ether oxygens (including phenoxy) is 1. The number of para-hydroxylation sites is 1. The molecule has 0 atom stereocenters. The quantitative estimate of drug-likeness (QED) is 0.665. The smallest absolute Gasteiger partial charge is 0.131 e. The molecule has 2 aromatic carbocycles. The standard InChI is InChI=1S/C18H20ClN3O/c1-13(2)12-22-17-8-7-16(9-15(17)11-21-22)23-18-6-4-3-5-14(18)10-20-19/h3-9,11,13,20H,10,12H2,1-2H3. The van der Waals surface area contributed by atoms with E-state index in [1.807, 2.05) is 47.3 Å². The summed E-state index contributed by atoms with van der Waals surface area (Å²) >= 11 is 5.62. The summed E-state index contributed by atoms with van der Waals surface area (Å²) in [5, 5.41) is 5.54. The minimum atomic E-state index is 0.548. The van der Waals surface area contributed by atoms with Crippen molar-refractivity contribution in [2.45, 2.75) is 26.9 Å². The van der Waals surface area contributed by atoms with Gasteiger partial charge >= 0.3 is 0 Å². The molecule has 0 saturated heterocycles. The van der Waals surface area contributed by atoms with E-state index in [2.05, 4.69) is 29.8 Å². The maximum Gasteiger partial charge on any atom is 0.131 e. The van der Waals surface area contributed by atoms with E-state index in [0.29, 0.717) is 12.5 Å².